The number of urea groups is 1. The van der Waals surface area contributed by atoms with Gasteiger partial charge in [0.2, 0.25) is 0 Å². The second kappa shape index (κ2) is 9.33. The van der Waals surface area contributed by atoms with Gasteiger partial charge in [0.1, 0.15) is 0 Å². The van der Waals surface area contributed by atoms with E-state index in [0.717, 1.165) is 6.07 Å². The average molecular weight is 350 g/mol. The molecular weight excluding hydrogens is 329 g/mol. The summed E-state index contributed by atoms with van der Waals surface area (Å²) >= 11 is 0. The normalized spacial score (nSPS) is 12.8. The van der Waals surface area contributed by atoms with Gasteiger partial charge in [-0.3, -0.25) is 0 Å². The molecule has 24 heavy (non-hydrogen) atoms. The first-order valence-electron chi connectivity index (χ1n) is 7.33. The van der Waals surface area contributed by atoms with Crippen LogP contribution in [0, 0.1) is 5.92 Å². The van der Waals surface area contributed by atoms with Gasteiger partial charge in [-0.25, -0.2) is 4.79 Å². The molecule has 0 radical (unpaired) electrons. The van der Waals surface area contributed by atoms with Crippen molar-refractivity contribution in [2.24, 2.45) is 5.92 Å². The van der Waals surface area contributed by atoms with Gasteiger partial charge in [-0.1, -0.05) is 26.0 Å². The first kappa shape index (κ1) is 20.0. The van der Waals surface area contributed by atoms with Crippen LogP contribution >= 0.6 is 0 Å². The molecular formula is C15H21F3N2O4. The Hall–Kier alpha value is -2.00. The lowest BCUT2D eigenvalue weighted by Gasteiger charge is -2.16. The molecule has 1 aromatic rings. The molecule has 0 spiro atoms. The van der Waals surface area contributed by atoms with Gasteiger partial charge in [0, 0.05) is 13.2 Å². The van der Waals surface area contributed by atoms with Crippen molar-refractivity contribution < 1.29 is 32.5 Å². The van der Waals surface area contributed by atoms with Crippen molar-refractivity contribution in [1.82, 2.24) is 5.32 Å². The second-order valence-corrected chi connectivity index (χ2v) is 5.46. The molecule has 2 amide bonds. The van der Waals surface area contributed by atoms with Crippen LogP contribution < -0.4 is 15.4 Å². The fourth-order valence-corrected chi connectivity index (χ4v) is 1.66. The lowest BCUT2D eigenvalue weighted by atomic mass is 10.2. The number of ether oxygens (including phenoxy) is 2. The van der Waals surface area contributed by atoms with E-state index < -0.39 is 24.2 Å². The molecule has 0 aliphatic heterocycles. The Kier molecular flexibility index (Phi) is 7.80. The van der Waals surface area contributed by atoms with Gasteiger partial charge in [0.05, 0.1) is 18.4 Å². The first-order valence-corrected chi connectivity index (χ1v) is 7.33. The summed E-state index contributed by atoms with van der Waals surface area (Å²) in [5.41, 5.74) is -0.141. The SMILES string of the molecule is CC(C)COCC(O)CNC(=O)Nc1ccccc1OC(F)(F)F. The number of hydrogen-bond donors (Lipinski definition) is 3. The van der Waals surface area contributed by atoms with E-state index in [1.807, 2.05) is 13.8 Å². The van der Waals surface area contributed by atoms with Crippen molar-refractivity contribution in [3.63, 3.8) is 0 Å². The number of halogens is 3. The predicted molar refractivity (Wildman–Crippen MR) is 81.8 cm³/mol. The van der Waals surface area contributed by atoms with E-state index in [0.29, 0.717) is 12.5 Å². The summed E-state index contributed by atoms with van der Waals surface area (Å²) in [5.74, 6) is -0.209. The number of aliphatic hydroxyl groups excluding tert-OH is 1. The lowest BCUT2D eigenvalue weighted by molar-refractivity contribution is -0.274. The highest BCUT2D eigenvalue weighted by molar-refractivity contribution is 5.90. The summed E-state index contributed by atoms with van der Waals surface area (Å²) in [6, 6.07) is 4.38. The van der Waals surface area contributed by atoms with Crippen molar-refractivity contribution in [2.45, 2.75) is 26.3 Å². The van der Waals surface area contributed by atoms with Crippen molar-refractivity contribution in [3.8, 4) is 5.75 Å². The maximum absolute atomic E-state index is 12.3. The van der Waals surface area contributed by atoms with Gasteiger partial charge in [0.25, 0.3) is 0 Å². The van der Waals surface area contributed by atoms with Gasteiger partial charge >= 0.3 is 12.4 Å². The summed E-state index contributed by atoms with van der Waals surface area (Å²) < 4.78 is 45.9. The van der Waals surface area contributed by atoms with Crippen LogP contribution in [0.1, 0.15) is 13.8 Å². The number of alkyl halides is 3. The van der Waals surface area contributed by atoms with Gasteiger partial charge in [-0.05, 0) is 18.1 Å². The zero-order valence-electron chi connectivity index (χ0n) is 13.4. The monoisotopic (exact) mass is 350 g/mol. The summed E-state index contributed by atoms with van der Waals surface area (Å²) in [6.07, 6.45) is -5.78. The molecule has 0 saturated carbocycles. The van der Waals surface area contributed by atoms with Gasteiger partial charge < -0.3 is 25.2 Å². The molecule has 0 saturated heterocycles. The Balaban J connectivity index is 2.45. The Morgan fingerprint density at radius 3 is 2.54 bits per heavy atom. The van der Waals surface area contributed by atoms with E-state index >= 15 is 0 Å². The Morgan fingerprint density at radius 2 is 1.92 bits per heavy atom. The third-order valence-corrected chi connectivity index (χ3v) is 2.62. The molecule has 0 fully saturated rings. The van der Waals surface area contributed by atoms with Crippen LogP contribution in [0.2, 0.25) is 0 Å². The van der Waals surface area contributed by atoms with Crippen LogP contribution in [-0.4, -0.2) is 43.4 Å². The van der Waals surface area contributed by atoms with Crippen LogP contribution in [0.25, 0.3) is 0 Å². The number of para-hydroxylation sites is 2. The molecule has 136 valence electrons. The molecule has 0 heterocycles. The molecule has 3 N–H and O–H groups in total. The molecule has 0 aliphatic carbocycles. The quantitative estimate of drug-likeness (QED) is 0.674. The van der Waals surface area contributed by atoms with E-state index in [2.05, 4.69) is 15.4 Å². The Morgan fingerprint density at radius 1 is 1.25 bits per heavy atom. The van der Waals surface area contributed by atoms with E-state index in [9.17, 15) is 23.1 Å². The number of amides is 2. The Labute approximate surface area is 137 Å². The molecule has 1 rings (SSSR count). The largest absolute Gasteiger partial charge is 0.573 e. The van der Waals surface area contributed by atoms with Gasteiger partial charge in [0.15, 0.2) is 5.75 Å². The zero-order valence-corrected chi connectivity index (χ0v) is 13.4. The molecule has 1 atom stereocenters. The second-order valence-electron chi connectivity index (χ2n) is 5.46. The minimum Gasteiger partial charge on any atom is -0.404 e. The van der Waals surface area contributed by atoms with E-state index in [4.69, 9.17) is 4.74 Å². The summed E-state index contributed by atoms with van der Waals surface area (Å²) in [5, 5.41) is 14.2. The fraction of sp³-hybridized carbons (Fsp3) is 0.533. The van der Waals surface area contributed by atoms with Crippen LogP contribution in [0.4, 0.5) is 23.7 Å². The van der Waals surface area contributed by atoms with Crippen molar-refractivity contribution in [1.29, 1.82) is 0 Å². The van der Waals surface area contributed by atoms with Crippen LogP contribution in [-0.2, 0) is 4.74 Å². The number of hydrogen-bond acceptors (Lipinski definition) is 4. The van der Waals surface area contributed by atoms with E-state index in [-0.39, 0.29) is 18.8 Å². The lowest BCUT2D eigenvalue weighted by Crippen LogP contribution is -2.37. The van der Waals surface area contributed by atoms with Crippen molar-refractivity contribution >= 4 is 11.7 Å². The van der Waals surface area contributed by atoms with Crippen LogP contribution in [0.15, 0.2) is 24.3 Å². The maximum Gasteiger partial charge on any atom is 0.573 e. The Bertz CT molecular complexity index is 524. The first-order chi connectivity index (χ1) is 11.2. The number of anilines is 1. The van der Waals surface area contributed by atoms with E-state index in [1.54, 1.807) is 0 Å². The minimum atomic E-state index is -4.86. The maximum atomic E-state index is 12.3. The standard InChI is InChI=1S/C15H21F3N2O4/c1-10(2)8-23-9-11(21)7-19-14(22)20-12-5-3-4-6-13(12)24-15(16,17)18/h3-6,10-11,21H,7-9H2,1-2H3,(H2,19,20,22). The number of rotatable bonds is 8. The highest BCUT2D eigenvalue weighted by atomic mass is 19.4. The molecule has 1 aromatic carbocycles. The van der Waals surface area contributed by atoms with Crippen molar-refractivity contribution in [3.05, 3.63) is 24.3 Å². The van der Waals surface area contributed by atoms with Crippen LogP contribution in [0.5, 0.6) is 5.75 Å². The molecule has 1 unspecified atom stereocenters. The number of carbonyl (C=O) groups excluding carboxylic acids is 1. The van der Waals surface area contributed by atoms with Gasteiger partial charge in [-0.2, -0.15) is 0 Å². The third-order valence-electron chi connectivity index (χ3n) is 2.62. The predicted octanol–water partition coefficient (Wildman–Crippen LogP) is 2.74. The molecule has 0 bridgehead atoms. The van der Waals surface area contributed by atoms with Crippen molar-refractivity contribution in [2.75, 3.05) is 25.1 Å². The number of benzene rings is 1. The smallest absolute Gasteiger partial charge is 0.404 e. The number of carbonyl (C=O) groups is 1. The zero-order chi connectivity index (χ0) is 18.2. The fourth-order valence-electron chi connectivity index (χ4n) is 1.66. The summed E-state index contributed by atoms with van der Waals surface area (Å²) in [6.45, 7) is 4.33. The average Bonchev–Trinajstić information content (AvgIpc) is 2.45. The molecule has 0 aliphatic rings. The molecule has 6 nitrogen and oxygen atoms in total. The number of nitrogens with one attached hydrogen (secondary N) is 2. The number of aliphatic hydroxyl groups is 1. The molecule has 9 heteroatoms. The highest BCUT2D eigenvalue weighted by Gasteiger charge is 2.32. The topological polar surface area (TPSA) is 79.8 Å². The van der Waals surface area contributed by atoms with Crippen LogP contribution in [0.3, 0.4) is 0 Å². The minimum absolute atomic E-state index is 0.0478. The van der Waals surface area contributed by atoms with E-state index in [1.165, 1.54) is 18.2 Å². The summed E-state index contributed by atoms with van der Waals surface area (Å²) in [4.78, 5) is 11.7. The summed E-state index contributed by atoms with van der Waals surface area (Å²) in [7, 11) is 0. The highest BCUT2D eigenvalue weighted by Crippen LogP contribution is 2.29. The van der Waals surface area contributed by atoms with Gasteiger partial charge in [-0.15, -0.1) is 13.2 Å². The third kappa shape index (κ3) is 8.59. The molecule has 0 aromatic heterocycles.